The van der Waals surface area contributed by atoms with Gasteiger partial charge in [0.05, 0.1) is 11.4 Å². The highest BCUT2D eigenvalue weighted by Crippen LogP contribution is 2.17. The third-order valence-electron chi connectivity index (χ3n) is 2.86. The van der Waals surface area contributed by atoms with Gasteiger partial charge in [-0.3, -0.25) is 14.4 Å². The SMILES string of the molecule is CC(C)CC(=O)Nc1ccc(C(=O)NCCSCC(=O)O)cc1F. The summed E-state index contributed by atoms with van der Waals surface area (Å²) in [5.74, 6) is -1.75. The van der Waals surface area contributed by atoms with Crippen molar-refractivity contribution in [2.24, 2.45) is 5.92 Å². The Kier molecular flexibility index (Phi) is 8.25. The number of hydrogen-bond donors (Lipinski definition) is 3. The minimum Gasteiger partial charge on any atom is -0.481 e. The molecule has 1 aromatic rings. The van der Waals surface area contributed by atoms with Crippen LogP contribution in [0.1, 0.15) is 30.6 Å². The maximum Gasteiger partial charge on any atom is 0.313 e. The van der Waals surface area contributed by atoms with Crippen LogP contribution in [0, 0.1) is 11.7 Å². The molecular weight excluding hydrogens is 335 g/mol. The number of carboxylic acids is 1. The highest BCUT2D eigenvalue weighted by Gasteiger charge is 2.12. The highest BCUT2D eigenvalue weighted by molar-refractivity contribution is 7.99. The van der Waals surface area contributed by atoms with Gasteiger partial charge < -0.3 is 15.7 Å². The highest BCUT2D eigenvalue weighted by atomic mass is 32.2. The molecule has 0 unspecified atom stereocenters. The average Bonchev–Trinajstić information content (AvgIpc) is 2.47. The third kappa shape index (κ3) is 7.45. The van der Waals surface area contributed by atoms with Crippen molar-refractivity contribution in [3.05, 3.63) is 29.6 Å². The molecule has 0 aliphatic rings. The average molecular weight is 356 g/mol. The van der Waals surface area contributed by atoms with Gasteiger partial charge in [0.15, 0.2) is 0 Å². The van der Waals surface area contributed by atoms with Crippen molar-refractivity contribution in [2.45, 2.75) is 20.3 Å². The number of carboxylic acid groups (broad SMARTS) is 1. The van der Waals surface area contributed by atoms with Crippen LogP contribution >= 0.6 is 11.8 Å². The van der Waals surface area contributed by atoms with Crippen molar-refractivity contribution in [3.8, 4) is 0 Å². The Labute approximate surface area is 144 Å². The standard InChI is InChI=1S/C16H21FN2O4S/c1-10(2)7-14(20)19-13-4-3-11(8-12(13)17)16(23)18-5-6-24-9-15(21)22/h3-4,8,10H,5-7,9H2,1-2H3,(H,18,23)(H,19,20)(H,21,22). The predicted octanol–water partition coefficient (Wildman–Crippen LogP) is 2.36. The van der Waals surface area contributed by atoms with E-state index in [-0.39, 0.29) is 41.8 Å². The van der Waals surface area contributed by atoms with E-state index in [2.05, 4.69) is 10.6 Å². The molecule has 0 heterocycles. The lowest BCUT2D eigenvalue weighted by Gasteiger charge is -2.10. The van der Waals surface area contributed by atoms with E-state index in [4.69, 9.17) is 5.11 Å². The van der Waals surface area contributed by atoms with E-state index in [1.54, 1.807) is 0 Å². The Balaban J connectivity index is 2.52. The van der Waals surface area contributed by atoms with Gasteiger partial charge in [0.25, 0.3) is 5.91 Å². The molecule has 24 heavy (non-hydrogen) atoms. The van der Waals surface area contributed by atoms with Crippen LogP contribution in [0.5, 0.6) is 0 Å². The number of amides is 2. The van der Waals surface area contributed by atoms with Gasteiger partial charge in [0.1, 0.15) is 5.82 Å². The second-order valence-electron chi connectivity index (χ2n) is 5.54. The number of rotatable bonds is 9. The van der Waals surface area contributed by atoms with E-state index in [9.17, 15) is 18.8 Å². The maximum absolute atomic E-state index is 14.0. The monoisotopic (exact) mass is 356 g/mol. The molecule has 0 aliphatic heterocycles. The zero-order chi connectivity index (χ0) is 18.1. The Morgan fingerprint density at radius 1 is 1.29 bits per heavy atom. The summed E-state index contributed by atoms with van der Waals surface area (Å²) < 4.78 is 14.0. The number of nitrogens with one attached hydrogen (secondary N) is 2. The molecule has 0 fully saturated rings. The van der Waals surface area contributed by atoms with Crippen LogP contribution in [-0.2, 0) is 9.59 Å². The zero-order valence-electron chi connectivity index (χ0n) is 13.6. The van der Waals surface area contributed by atoms with Crippen LogP contribution in [0.3, 0.4) is 0 Å². The number of aliphatic carboxylic acids is 1. The molecule has 6 nitrogen and oxygen atoms in total. The van der Waals surface area contributed by atoms with Gasteiger partial charge in [0, 0.05) is 24.3 Å². The van der Waals surface area contributed by atoms with E-state index in [1.165, 1.54) is 23.9 Å². The van der Waals surface area contributed by atoms with Crippen LogP contribution < -0.4 is 10.6 Å². The van der Waals surface area contributed by atoms with Crippen LogP contribution in [0.25, 0.3) is 0 Å². The smallest absolute Gasteiger partial charge is 0.313 e. The molecule has 8 heteroatoms. The third-order valence-corrected chi connectivity index (χ3v) is 3.80. The number of carbonyl (C=O) groups is 3. The predicted molar refractivity (Wildman–Crippen MR) is 91.8 cm³/mol. The van der Waals surface area contributed by atoms with Gasteiger partial charge in [-0.05, 0) is 24.1 Å². The Bertz CT molecular complexity index is 608. The molecule has 0 saturated carbocycles. The molecule has 0 bridgehead atoms. The summed E-state index contributed by atoms with van der Waals surface area (Å²) >= 11 is 1.18. The largest absolute Gasteiger partial charge is 0.481 e. The van der Waals surface area contributed by atoms with Crippen molar-refractivity contribution < 1.29 is 23.9 Å². The van der Waals surface area contributed by atoms with Gasteiger partial charge in [-0.2, -0.15) is 0 Å². The Hall–Kier alpha value is -2.09. The van der Waals surface area contributed by atoms with Crippen molar-refractivity contribution in [1.29, 1.82) is 0 Å². The minimum absolute atomic E-state index is 0.0325. The van der Waals surface area contributed by atoms with E-state index in [0.29, 0.717) is 5.75 Å². The van der Waals surface area contributed by atoms with Crippen LogP contribution in [-0.4, -0.2) is 40.9 Å². The first-order valence-electron chi connectivity index (χ1n) is 7.46. The van der Waals surface area contributed by atoms with Crippen LogP contribution in [0.15, 0.2) is 18.2 Å². The molecule has 1 aromatic carbocycles. The van der Waals surface area contributed by atoms with Crippen molar-refractivity contribution >= 4 is 35.2 Å². The first-order chi connectivity index (χ1) is 11.3. The van der Waals surface area contributed by atoms with Crippen molar-refractivity contribution in [2.75, 3.05) is 23.4 Å². The van der Waals surface area contributed by atoms with E-state index in [1.807, 2.05) is 13.8 Å². The molecule has 3 N–H and O–H groups in total. The fraction of sp³-hybridized carbons (Fsp3) is 0.438. The molecular formula is C16H21FN2O4S. The van der Waals surface area contributed by atoms with Gasteiger partial charge in [-0.1, -0.05) is 13.8 Å². The molecule has 2 amide bonds. The van der Waals surface area contributed by atoms with Crippen LogP contribution in [0.4, 0.5) is 10.1 Å². The normalized spacial score (nSPS) is 10.5. The lowest BCUT2D eigenvalue weighted by molar-refractivity contribution is -0.133. The zero-order valence-corrected chi connectivity index (χ0v) is 14.4. The van der Waals surface area contributed by atoms with Gasteiger partial charge in [-0.15, -0.1) is 11.8 Å². The summed E-state index contributed by atoms with van der Waals surface area (Å²) in [5.41, 5.74) is 0.173. The van der Waals surface area contributed by atoms with E-state index >= 15 is 0 Å². The summed E-state index contributed by atoms with van der Waals surface area (Å²) in [7, 11) is 0. The fourth-order valence-corrected chi connectivity index (χ4v) is 2.39. The second-order valence-corrected chi connectivity index (χ2v) is 6.65. The molecule has 0 atom stereocenters. The number of carbonyl (C=O) groups excluding carboxylic acids is 2. The molecule has 0 aromatic heterocycles. The van der Waals surface area contributed by atoms with E-state index < -0.39 is 17.7 Å². The summed E-state index contributed by atoms with van der Waals surface area (Å²) in [5, 5.41) is 13.5. The van der Waals surface area contributed by atoms with E-state index in [0.717, 1.165) is 6.07 Å². The lowest BCUT2D eigenvalue weighted by Crippen LogP contribution is -2.26. The van der Waals surface area contributed by atoms with Gasteiger partial charge >= 0.3 is 5.97 Å². The molecule has 0 spiro atoms. The topological polar surface area (TPSA) is 95.5 Å². The summed E-state index contributed by atoms with van der Waals surface area (Å²) in [6, 6.07) is 3.83. The first-order valence-corrected chi connectivity index (χ1v) is 8.62. The second kappa shape index (κ2) is 9.92. The first kappa shape index (κ1) is 20.0. The van der Waals surface area contributed by atoms with Crippen molar-refractivity contribution in [1.82, 2.24) is 5.32 Å². The molecule has 1 rings (SSSR count). The van der Waals surface area contributed by atoms with Crippen molar-refractivity contribution in [3.63, 3.8) is 0 Å². The summed E-state index contributed by atoms with van der Waals surface area (Å²) in [4.78, 5) is 33.9. The molecule has 0 saturated heterocycles. The number of thioether (sulfide) groups is 1. The quantitative estimate of drug-likeness (QED) is 0.590. The van der Waals surface area contributed by atoms with Gasteiger partial charge in [-0.25, -0.2) is 4.39 Å². The summed E-state index contributed by atoms with van der Waals surface area (Å²) in [6.45, 7) is 4.06. The maximum atomic E-state index is 14.0. The van der Waals surface area contributed by atoms with Gasteiger partial charge in [0.2, 0.25) is 5.91 Å². The van der Waals surface area contributed by atoms with Crippen LogP contribution in [0.2, 0.25) is 0 Å². The number of benzene rings is 1. The number of halogens is 1. The number of hydrogen-bond acceptors (Lipinski definition) is 4. The lowest BCUT2D eigenvalue weighted by atomic mass is 10.1. The summed E-state index contributed by atoms with van der Waals surface area (Å²) in [6.07, 6.45) is 0.287. The Morgan fingerprint density at radius 2 is 2.00 bits per heavy atom. The number of anilines is 1. The Morgan fingerprint density at radius 3 is 2.58 bits per heavy atom. The minimum atomic E-state index is -0.913. The fourth-order valence-electron chi connectivity index (χ4n) is 1.83. The molecule has 0 aliphatic carbocycles. The molecule has 0 radical (unpaired) electrons. The molecule has 132 valence electrons.